The van der Waals surface area contributed by atoms with Crippen LogP contribution in [0.2, 0.25) is 0 Å². The van der Waals surface area contributed by atoms with Crippen LogP contribution in [0.15, 0.2) is 30.8 Å². The Labute approximate surface area is 117 Å². The van der Waals surface area contributed by atoms with Gasteiger partial charge in [0, 0.05) is 0 Å². The number of anilines is 1. The highest BCUT2D eigenvalue weighted by Crippen LogP contribution is 2.44. The quantitative estimate of drug-likeness (QED) is 0.862. The number of hydrogen-bond acceptors (Lipinski definition) is 4. The standard InChI is InChI=1S/C15H17NO2S/c1-3-8-18-11-7-5-6-10(9-11)13-14(17)12(4-2)19-15(13)16/h4-7,9,17H,2-3,8,16H2,1H3. The van der Waals surface area contributed by atoms with E-state index < -0.39 is 0 Å². The average Bonchev–Trinajstić information content (AvgIpc) is 2.71. The lowest BCUT2D eigenvalue weighted by atomic mass is 10.1. The zero-order chi connectivity index (χ0) is 13.8. The Kier molecular flexibility index (Phi) is 4.12. The third-order valence-electron chi connectivity index (χ3n) is 2.72. The molecule has 19 heavy (non-hydrogen) atoms. The minimum Gasteiger partial charge on any atom is -0.506 e. The molecule has 4 heteroatoms. The van der Waals surface area contributed by atoms with Crippen molar-refractivity contribution in [1.29, 1.82) is 0 Å². The van der Waals surface area contributed by atoms with Crippen molar-refractivity contribution >= 4 is 22.4 Å². The zero-order valence-electron chi connectivity index (χ0n) is 10.8. The molecule has 2 aromatic rings. The van der Waals surface area contributed by atoms with Crippen molar-refractivity contribution in [2.75, 3.05) is 12.3 Å². The third kappa shape index (κ3) is 2.74. The van der Waals surface area contributed by atoms with Crippen LogP contribution >= 0.6 is 11.3 Å². The van der Waals surface area contributed by atoms with Gasteiger partial charge in [0.05, 0.1) is 22.0 Å². The maximum Gasteiger partial charge on any atom is 0.143 e. The summed E-state index contributed by atoms with van der Waals surface area (Å²) in [5.74, 6) is 0.967. The molecule has 0 unspecified atom stereocenters. The van der Waals surface area contributed by atoms with E-state index >= 15 is 0 Å². The largest absolute Gasteiger partial charge is 0.506 e. The number of benzene rings is 1. The molecule has 0 bridgehead atoms. The van der Waals surface area contributed by atoms with E-state index in [1.54, 1.807) is 6.08 Å². The molecule has 0 aliphatic rings. The van der Waals surface area contributed by atoms with E-state index in [9.17, 15) is 5.11 Å². The summed E-state index contributed by atoms with van der Waals surface area (Å²) in [6.07, 6.45) is 2.56. The van der Waals surface area contributed by atoms with E-state index in [4.69, 9.17) is 10.5 Å². The van der Waals surface area contributed by atoms with Crippen molar-refractivity contribution in [3.05, 3.63) is 35.7 Å². The van der Waals surface area contributed by atoms with Crippen molar-refractivity contribution in [3.8, 4) is 22.6 Å². The maximum absolute atomic E-state index is 10.1. The van der Waals surface area contributed by atoms with Gasteiger partial charge in [0.25, 0.3) is 0 Å². The molecule has 0 saturated heterocycles. The van der Waals surface area contributed by atoms with E-state index in [0.29, 0.717) is 22.0 Å². The number of nitrogens with two attached hydrogens (primary N) is 1. The van der Waals surface area contributed by atoms with Crippen molar-refractivity contribution < 1.29 is 9.84 Å². The number of rotatable bonds is 5. The second kappa shape index (κ2) is 5.80. The zero-order valence-corrected chi connectivity index (χ0v) is 11.7. The second-order valence-corrected chi connectivity index (χ2v) is 5.22. The Morgan fingerprint density at radius 2 is 2.26 bits per heavy atom. The first-order valence-electron chi connectivity index (χ1n) is 6.14. The maximum atomic E-state index is 10.1. The molecule has 1 heterocycles. The first kappa shape index (κ1) is 13.5. The monoisotopic (exact) mass is 275 g/mol. The summed E-state index contributed by atoms with van der Waals surface area (Å²) >= 11 is 1.33. The minimum absolute atomic E-state index is 0.185. The van der Waals surface area contributed by atoms with Gasteiger partial charge in [-0.1, -0.05) is 25.6 Å². The normalized spacial score (nSPS) is 10.4. The molecule has 1 aromatic carbocycles. The lowest BCUT2D eigenvalue weighted by Crippen LogP contribution is -1.95. The molecular formula is C15H17NO2S. The van der Waals surface area contributed by atoms with Crippen LogP contribution in [0.1, 0.15) is 18.2 Å². The molecule has 0 aliphatic carbocycles. The van der Waals surface area contributed by atoms with Crippen molar-refractivity contribution in [1.82, 2.24) is 0 Å². The Balaban J connectivity index is 2.41. The van der Waals surface area contributed by atoms with Crippen LogP contribution in [0.5, 0.6) is 11.5 Å². The minimum atomic E-state index is 0.185. The van der Waals surface area contributed by atoms with Gasteiger partial charge in [0.2, 0.25) is 0 Å². The fourth-order valence-corrected chi connectivity index (χ4v) is 2.67. The summed E-state index contributed by atoms with van der Waals surface area (Å²) < 4.78 is 5.59. The first-order valence-corrected chi connectivity index (χ1v) is 6.96. The summed E-state index contributed by atoms with van der Waals surface area (Å²) in [4.78, 5) is 0.687. The fourth-order valence-electron chi connectivity index (χ4n) is 1.84. The highest BCUT2D eigenvalue weighted by molar-refractivity contribution is 7.17. The SMILES string of the molecule is C=Cc1sc(N)c(-c2cccc(OCCC)c2)c1O. The van der Waals surface area contributed by atoms with Crippen LogP contribution < -0.4 is 10.5 Å². The smallest absolute Gasteiger partial charge is 0.143 e. The number of aromatic hydroxyl groups is 1. The Hall–Kier alpha value is -1.94. The molecule has 3 nitrogen and oxygen atoms in total. The van der Waals surface area contributed by atoms with Gasteiger partial charge in [-0.3, -0.25) is 0 Å². The van der Waals surface area contributed by atoms with Gasteiger partial charge in [-0.2, -0.15) is 0 Å². The van der Waals surface area contributed by atoms with Crippen LogP contribution in [0.3, 0.4) is 0 Å². The Morgan fingerprint density at radius 1 is 1.47 bits per heavy atom. The molecule has 0 radical (unpaired) electrons. The topological polar surface area (TPSA) is 55.5 Å². The summed E-state index contributed by atoms with van der Waals surface area (Å²) in [5, 5.41) is 10.7. The summed E-state index contributed by atoms with van der Waals surface area (Å²) in [6, 6.07) is 7.59. The van der Waals surface area contributed by atoms with Crippen LogP contribution in [0, 0.1) is 0 Å². The van der Waals surface area contributed by atoms with Gasteiger partial charge in [0.1, 0.15) is 11.5 Å². The average molecular weight is 275 g/mol. The molecule has 2 rings (SSSR count). The molecule has 0 saturated carbocycles. The van der Waals surface area contributed by atoms with E-state index in [1.807, 2.05) is 24.3 Å². The van der Waals surface area contributed by atoms with Crippen molar-refractivity contribution in [3.63, 3.8) is 0 Å². The lowest BCUT2D eigenvalue weighted by molar-refractivity contribution is 0.317. The predicted octanol–water partition coefficient (Wildman–Crippen LogP) is 4.13. The molecule has 0 atom stereocenters. The molecule has 3 N–H and O–H groups in total. The van der Waals surface area contributed by atoms with E-state index in [0.717, 1.165) is 17.7 Å². The van der Waals surface area contributed by atoms with Crippen LogP contribution in [-0.4, -0.2) is 11.7 Å². The van der Waals surface area contributed by atoms with Gasteiger partial charge in [0.15, 0.2) is 0 Å². The number of thiophene rings is 1. The van der Waals surface area contributed by atoms with Gasteiger partial charge in [-0.25, -0.2) is 0 Å². The van der Waals surface area contributed by atoms with E-state index in [2.05, 4.69) is 13.5 Å². The summed E-state index contributed by atoms with van der Waals surface area (Å²) in [6.45, 7) is 6.40. The fraction of sp³-hybridized carbons (Fsp3) is 0.200. The second-order valence-electron chi connectivity index (χ2n) is 4.13. The molecule has 100 valence electrons. The Morgan fingerprint density at radius 3 is 2.89 bits per heavy atom. The number of hydrogen-bond donors (Lipinski definition) is 2. The summed E-state index contributed by atoms with van der Waals surface area (Å²) in [5.41, 5.74) is 7.48. The molecule has 0 fully saturated rings. The van der Waals surface area contributed by atoms with Gasteiger partial charge in [-0.05, 0) is 30.2 Å². The first-order chi connectivity index (χ1) is 9.17. The van der Waals surface area contributed by atoms with Crippen LogP contribution in [0.4, 0.5) is 5.00 Å². The molecule has 0 amide bonds. The number of nitrogen functional groups attached to an aromatic ring is 1. The third-order valence-corrected chi connectivity index (χ3v) is 3.72. The Bertz CT molecular complexity index is 590. The van der Waals surface area contributed by atoms with Gasteiger partial charge >= 0.3 is 0 Å². The molecule has 1 aromatic heterocycles. The number of ether oxygens (including phenoxy) is 1. The molecule has 0 aliphatic heterocycles. The van der Waals surface area contributed by atoms with Crippen molar-refractivity contribution in [2.24, 2.45) is 0 Å². The summed E-state index contributed by atoms with van der Waals surface area (Å²) in [7, 11) is 0. The van der Waals surface area contributed by atoms with Crippen molar-refractivity contribution in [2.45, 2.75) is 13.3 Å². The van der Waals surface area contributed by atoms with E-state index in [-0.39, 0.29) is 5.75 Å². The molecule has 0 spiro atoms. The predicted molar refractivity (Wildman–Crippen MR) is 81.7 cm³/mol. The van der Waals surface area contributed by atoms with Gasteiger partial charge < -0.3 is 15.6 Å². The highest BCUT2D eigenvalue weighted by atomic mass is 32.1. The lowest BCUT2D eigenvalue weighted by Gasteiger charge is -2.07. The molecular weight excluding hydrogens is 258 g/mol. The van der Waals surface area contributed by atoms with Gasteiger partial charge in [-0.15, -0.1) is 11.3 Å². The van der Waals surface area contributed by atoms with Crippen LogP contribution in [-0.2, 0) is 0 Å². The van der Waals surface area contributed by atoms with E-state index in [1.165, 1.54) is 11.3 Å². The van der Waals surface area contributed by atoms with Crippen LogP contribution in [0.25, 0.3) is 17.2 Å². The highest BCUT2D eigenvalue weighted by Gasteiger charge is 2.16.